The standard InChI is InChI=1S/C22H33N3O3.ClH/c1-3-28-21-9-8-18(16(2)26)12-19(21)15-25-11-5-6-17(14-25)13-24-22(27)20-7-4-10-23-20;/h8-9,12,17,20,23H,3-7,10-11,13-15H2,1-2H3,(H,24,27);1H. The highest BCUT2D eigenvalue weighted by molar-refractivity contribution is 5.94. The minimum atomic E-state index is -0.0113. The van der Waals surface area contributed by atoms with Crippen molar-refractivity contribution in [2.24, 2.45) is 5.92 Å². The molecule has 0 saturated carbocycles. The van der Waals surface area contributed by atoms with E-state index in [9.17, 15) is 9.59 Å². The molecule has 162 valence electrons. The van der Waals surface area contributed by atoms with Crippen molar-refractivity contribution in [2.45, 2.75) is 52.1 Å². The monoisotopic (exact) mass is 423 g/mol. The Kier molecular flexibility index (Phi) is 9.40. The summed E-state index contributed by atoms with van der Waals surface area (Å²) in [6.07, 6.45) is 4.28. The van der Waals surface area contributed by atoms with Gasteiger partial charge in [-0.3, -0.25) is 14.5 Å². The van der Waals surface area contributed by atoms with Crippen LogP contribution in [-0.2, 0) is 11.3 Å². The Balaban J connectivity index is 0.00000300. The molecular weight excluding hydrogens is 390 g/mol. The predicted molar refractivity (Wildman–Crippen MR) is 117 cm³/mol. The van der Waals surface area contributed by atoms with Crippen LogP contribution in [0.4, 0.5) is 0 Å². The van der Waals surface area contributed by atoms with Crippen LogP contribution in [0, 0.1) is 5.92 Å². The van der Waals surface area contributed by atoms with E-state index in [4.69, 9.17) is 4.74 Å². The topological polar surface area (TPSA) is 70.7 Å². The summed E-state index contributed by atoms with van der Waals surface area (Å²) in [5, 5.41) is 6.39. The van der Waals surface area contributed by atoms with E-state index in [1.165, 1.54) is 0 Å². The van der Waals surface area contributed by atoms with Crippen LogP contribution >= 0.6 is 12.4 Å². The van der Waals surface area contributed by atoms with Crippen LogP contribution in [0.25, 0.3) is 0 Å². The lowest BCUT2D eigenvalue weighted by Gasteiger charge is -2.33. The average molecular weight is 424 g/mol. The lowest BCUT2D eigenvalue weighted by Crippen LogP contribution is -2.45. The number of Topliss-reactive ketones (excluding diaryl/α,β-unsaturated/α-hetero) is 1. The van der Waals surface area contributed by atoms with Gasteiger partial charge in [0.25, 0.3) is 0 Å². The number of likely N-dealkylation sites (tertiary alicyclic amines) is 1. The van der Waals surface area contributed by atoms with Crippen LogP contribution in [-0.4, -0.2) is 55.4 Å². The summed E-state index contributed by atoms with van der Waals surface area (Å²) in [6, 6.07) is 5.70. The van der Waals surface area contributed by atoms with Crippen LogP contribution in [0.3, 0.4) is 0 Å². The number of halogens is 1. The summed E-state index contributed by atoms with van der Waals surface area (Å²) in [5.74, 6) is 1.53. The zero-order chi connectivity index (χ0) is 19.9. The van der Waals surface area contributed by atoms with E-state index in [1.807, 2.05) is 25.1 Å². The Morgan fingerprint density at radius 2 is 2.10 bits per heavy atom. The van der Waals surface area contributed by atoms with Gasteiger partial charge in [-0.15, -0.1) is 12.4 Å². The Bertz CT molecular complexity index is 692. The quantitative estimate of drug-likeness (QED) is 0.629. The Morgan fingerprint density at radius 3 is 2.79 bits per heavy atom. The summed E-state index contributed by atoms with van der Waals surface area (Å²) in [5.41, 5.74) is 1.79. The minimum absolute atomic E-state index is 0. The third-order valence-corrected chi connectivity index (χ3v) is 5.71. The van der Waals surface area contributed by atoms with E-state index >= 15 is 0 Å². The maximum Gasteiger partial charge on any atom is 0.237 e. The summed E-state index contributed by atoms with van der Waals surface area (Å²) in [4.78, 5) is 26.4. The van der Waals surface area contributed by atoms with Crippen LogP contribution in [0.1, 0.15) is 55.5 Å². The van der Waals surface area contributed by atoms with Crippen LogP contribution in [0.15, 0.2) is 18.2 Å². The van der Waals surface area contributed by atoms with Gasteiger partial charge in [0.05, 0.1) is 12.6 Å². The van der Waals surface area contributed by atoms with Gasteiger partial charge < -0.3 is 15.4 Å². The molecule has 0 aliphatic carbocycles. The maximum absolute atomic E-state index is 12.2. The molecule has 1 amide bonds. The van der Waals surface area contributed by atoms with Crippen molar-refractivity contribution in [2.75, 3.05) is 32.8 Å². The molecule has 0 bridgehead atoms. The molecule has 2 unspecified atom stereocenters. The SMILES string of the molecule is CCOc1ccc(C(C)=O)cc1CN1CCCC(CNC(=O)C2CCCN2)C1.Cl. The van der Waals surface area contributed by atoms with Crippen LogP contribution < -0.4 is 15.4 Å². The van der Waals surface area contributed by atoms with E-state index < -0.39 is 0 Å². The molecule has 2 aliphatic rings. The fourth-order valence-electron chi connectivity index (χ4n) is 4.20. The summed E-state index contributed by atoms with van der Waals surface area (Å²) in [7, 11) is 0. The van der Waals surface area contributed by atoms with Gasteiger partial charge in [0.1, 0.15) is 5.75 Å². The van der Waals surface area contributed by atoms with Crippen molar-refractivity contribution >= 4 is 24.1 Å². The molecule has 6 nitrogen and oxygen atoms in total. The normalized spacial score (nSPS) is 22.0. The number of carbonyl (C=O) groups is 2. The molecule has 0 radical (unpaired) electrons. The molecule has 0 spiro atoms. The van der Waals surface area contributed by atoms with E-state index in [2.05, 4.69) is 15.5 Å². The Morgan fingerprint density at radius 1 is 1.28 bits per heavy atom. The number of ketones is 1. The third-order valence-electron chi connectivity index (χ3n) is 5.71. The van der Waals surface area contributed by atoms with E-state index in [-0.39, 0.29) is 30.1 Å². The second kappa shape index (κ2) is 11.5. The second-order valence-electron chi connectivity index (χ2n) is 7.95. The molecule has 0 aromatic heterocycles. The maximum atomic E-state index is 12.2. The first-order chi connectivity index (χ1) is 13.6. The predicted octanol–water partition coefficient (Wildman–Crippen LogP) is 2.79. The highest BCUT2D eigenvalue weighted by atomic mass is 35.5. The largest absolute Gasteiger partial charge is 0.494 e. The molecule has 2 atom stereocenters. The number of ether oxygens (including phenoxy) is 1. The summed E-state index contributed by atoms with van der Waals surface area (Å²) in [6.45, 7) is 8.61. The van der Waals surface area contributed by atoms with Gasteiger partial charge in [-0.1, -0.05) is 0 Å². The Labute approximate surface area is 180 Å². The average Bonchev–Trinajstić information content (AvgIpc) is 3.23. The van der Waals surface area contributed by atoms with Crippen molar-refractivity contribution in [1.82, 2.24) is 15.5 Å². The van der Waals surface area contributed by atoms with Gasteiger partial charge in [-0.2, -0.15) is 0 Å². The van der Waals surface area contributed by atoms with Gasteiger partial charge in [0.15, 0.2) is 5.78 Å². The number of carbonyl (C=O) groups excluding carboxylic acids is 2. The van der Waals surface area contributed by atoms with Gasteiger partial charge in [0, 0.05) is 30.8 Å². The number of piperidine rings is 1. The fraction of sp³-hybridized carbons (Fsp3) is 0.636. The van der Waals surface area contributed by atoms with E-state index in [0.29, 0.717) is 12.5 Å². The fourth-order valence-corrected chi connectivity index (χ4v) is 4.20. The highest BCUT2D eigenvalue weighted by Gasteiger charge is 2.25. The summed E-state index contributed by atoms with van der Waals surface area (Å²) < 4.78 is 5.77. The van der Waals surface area contributed by atoms with E-state index in [0.717, 1.165) is 75.3 Å². The number of benzene rings is 1. The van der Waals surface area contributed by atoms with Crippen molar-refractivity contribution in [1.29, 1.82) is 0 Å². The molecule has 2 saturated heterocycles. The second-order valence-corrected chi connectivity index (χ2v) is 7.95. The van der Waals surface area contributed by atoms with Crippen molar-refractivity contribution in [3.8, 4) is 5.75 Å². The van der Waals surface area contributed by atoms with Crippen molar-refractivity contribution < 1.29 is 14.3 Å². The molecule has 2 heterocycles. The minimum Gasteiger partial charge on any atom is -0.494 e. The van der Waals surface area contributed by atoms with Gasteiger partial charge >= 0.3 is 0 Å². The molecule has 7 heteroatoms. The molecule has 1 aromatic rings. The smallest absolute Gasteiger partial charge is 0.237 e. The molecule has 1 aromatic carbocycles. The first-order valence-corrected chi connectivity index (χ1v) is 10.6. The molecule has 2 fully saturated rings. The van der Waals surface area contributed by atoms with E-state index in [1.54, 1.807) is 6.92 Å². The van der Waals surface area contributed by atoms with Gasteiger partial charge in [-0.25, -0.2) is 0 Å². The molecule has 2 N–H and O–H groups in total. The number of nitrogens with one attached hydrogen (secondary N) is 2. The van der Waals surface area contributed by atoms with Crippen molar-refractivity contribution in [3.63, 3.8) is 0 Å². The zero-order valence-corrected chi connectivity index (χ0v) is 18.4. The number of rotatable bonds is 8. The molecule has 2 aliphatic heterocycles. The van der Waals surface area contributed by atoms with Gasteiger partial charge in [-0.05, 0) is 76.7 Å². The molecular formula is C22H34ClN3O3. The van der Waals surface area contributed by atoms with Crippen molar-refractivity contribution in [3.05, 3.63) is 29.3 Å². The number of nitrogens with zero attached hydrogens (tertiary/aromatic N) is 1. The first-order valence-electron chi connectivity index (χ1n) is 10.6. The zero-order valence-electron chi connectivity index (χ0n) is 17.5. The number of amides is 1. The van der Waals surface area contributed by atoms with Crippen LogP contribution in [0.5, 0.6) is 5.75 Å². The molecule has 3 rings (SSSR count). The van der Waals surface area contributed by atoms with Crippen LogP contribution in [0.2, 0.25) is 0 Å². The summed E-state index contributed by atoms with van der Waals surface area (Å²) >= 11 is 0. The molecule has 29 heavy (non-hydrogen) atoms. The first kappa shape index (κ1) is 23.6. The highest BCUT2D eigenvalue weighted by Crippen LogP contribution is 2.25. The number of hydrogen-bond acceptors (Lipinski definition) is 5. The lowest BCUT2D eigenvalue weighted by molar-refractivity contribution is -0.123. The number of hydrogen-bond donors (Lipinski definition) is 2. The lowest BCUT2D eigenvalue weighted by atomic mass is 9.97. The third kappa shape index (κ3) is 6.69. The van der Waals surface area contributed by atoms with Gasteiger partial charge in [0.2, 0.25) is 5.91 Å². The Hall–Kier alpha value is -1.63.